The summed E-state index contributed by atoms with van der Waals surface area (Å²) in [5.41, 5.74) is 0.314. The van der Waals surface area contributed by atoms with Gasteiger partial charge in [0.2, 0.25) is 5.91 Å². The topological polar surface area (TPSA) is 58.6 Å². The molecule has 3 fully saturated rings. The predicted molar refractivity (Wildman–Crippen MR) is 117 cm³/mol. The van der Waals surface area contributed by atoms with Gasteiger partial charge in [0.1, 0.15) is 18.5 Å². The maximum atomic E-state index is 14.2. The average molecular weight is 429 g/mol. The molecule has 1 aliphatic heterocycles. The van der Waals surface area contributed by atoms with Crippen molar-refractivity contribution in [2.45, 2.75) is 77.0 Å². The van der Waals surface area contributed by atoms with E-state index in [-0.39, 0.29) is 42.3 Å². The minimum absolute atomic E-state index is 0.0234. The standard InChI is InChI=1S/C25H33FN2O3/c1-16-8-7-11-20(17(16)2)27-24(29)15-28-21-12-5-6-13-22(21)31-23(25(28)30)14-18-9-3-4-10-19(18)26/h3-4,9-10,14,16-17,20-22H,5-8,11-13,15H2,1-2H3,(H,27,29)/b23-14-. The van der Waals surface area contributed by atoms with Gasteiger partial charge in [-0.2, -0.15) is 0 Å². The molecule has 1 N–H and O–H groups in total. The summed E-state index contributed by atoms with van der Waals surface area (Å²) < 4.78 is 20.2. The van der Waals surface area contributed by atoms with Gasteiger partial charge in [0.05, 0.1) is 6.04 Å². The summed E-state index contributed by atoms with van der Waals surface area (Å²) in [5.74, 6) is 0.295. The normalized spacial score (nSPS) is 32.4. The monoisotopic (exact) mass is 428 g/mol. The van der Waals surface area contributed by atoms with E-state index in [2.05, 4.69) is 19.2 Å². The highest BCUT2D eigenvalue weighted by Crippen LogP contribution is 2.34. The van der Waals surface area contributed by atoms with Crippen LogP contribution in [-0.2, 0) is 14.3 Å². The van der Waals surface area contributed by atoms with Gasteiger partial charge in [0.15, 0.2) is 5.76 Å². The van der Waals surface area contributed by atoms with E-state index in [0.29, 0.717) is 17.4 Å². The molecule has 0 radical (unpaired) electrons. The second-order valence-corrected chi connectivity index (χ2v) is 9.41. The maximum absolute atomic E-state index is 14.2. The van der Waals surface area contributed by atoms with Crippen molar-refractivity contribution in [1.82, 2.24) is 10.2 Å². The van der Waals surface area contributed by atoms with Gasteiger partial charge in [-0.3, -0.25) is 9.59 Å². The molecule has 1 aromatic carbocycles. The van der Waals surface area contributed by atoms with Crippen molar-refractivity contribution in [3.63, 3.8) is 0 Å². The molecule has 5 unspecified atom stereocenters. The number of fused-ring (bicyclic) bond motifs is 1. The first kappa shape index (κ1) is 21.8. The number of morpholine rings is 1. The molecule has 1 heterocycles. The molecule has 1 saturated heterocycles. The summed E-state index contributed by atoms with van der Waals surface area (Å²) in [6.45, 7) is 4.46. The van der Waals surface area contributed by atoms with E-state index < -0.39 is 5.82 Å². The molecule has 0 spiro atoms. The molecule has 168 valence electrons. The van der Waals surface area contributed by atoms with Crippen molar-refractivity contribution >= 4 is 17.9 Å². The zero-order chi connectivity index (χ0) is 22.0. The third-order valence-electron chi connectivity index (χ3n) is 7.38. The van der Waals surface area contributed by atoms with Gasteiger partial charge in [0.25, 0.3) is 5.91 Å². The summed E-state index contributed by atoms with van der Waals surface area (Å²) in [6, 6.07) is 6.37. The highest BCUT2D eigenvalue weighted by Gasteiger charge is 2.42. The first-order valence-corrected chi connectivity index (χ1v) is 11.7. The predicted octanol–water partition coefficient (Wildman–Crippen LogP) is 4.28. The van der Waals surface area contributed by atoms with Crippen LogP contribution in [0.2, 0.25) is 0 Å². The lowest BCUT2D eigenvalue weighted by molar-refractivity contribution is -0.152. The second-order valence-electron chi connectivity index (χ2n) is 9.41. The number of amides is 2. The quantitative estimate of drug-likeness (QED) is 0.729. The number of rotatable bonds is 4. The Morgan fingerprint density at radius 3 is 2.74 bits per heavy atom. The number of carbonyl (C=O) groups excluding carboxylic acids is 2. The van der Waals surface area contributed by atoms with Crippen LogP contribution in [0.15, 0.2) is 30.0 Å². The van der Waals surface area contributed by atoms with E-state index in [1.807, 2.05) is 0 Å². The minimum Gasteiger partial charge on any atom is -0.482 e. The molecule has 2 aliphatic carbocycles. The molecule has 0 aromatic heterocycles. The number of benzene rings is 1. The lowest BCUT2D eigenvalue weighted by atomic mass is 9.78. The van der Waals surface area contributed by atoms with Crippen LogP contribution in [0.4, 0.5) is 4.39 Å². The van der Waals surface area contributed by atoms with Crippen LogP contribution < -0.4 is 5.32 Å². The van der Waals surface area contributed by atoms with E-state index >= 15 is 0 Å². The van der Waals surface area contributed by atoms with E-state index in [4.69, 9.17) is 4.74 Å². The van der Waals surface area contributed by atoms with Gasteiger partial charge in [0, 0.05) is 11.6 Å². The Balaban J connectivity index is 1.52. The number of carbonyl (C=O) groups is 2. The van der Waals surface area contributed by atoms with Crippen LogP contribution in [0.25, 0.3) is 6.08 Å². The minimum atomic E-state index is -0.401. The molecular formula is C25H33FN2O3. The summed E-state index contributed by atoms with van der Waals surface area (Å²) in [6.07, 6.45) is 8.33. The number of ether oxygens (including phenoxy) is 1. The zero-order valence-corrected chi connectivity index (χ0v) is 18.5. The van der Waals surface area contributed by atoms with E-state index in [0.717, 1.165) is 38.5 Å². The Kier molecular flexibility index (Phi) is 6.63. The number of nitrogens with one attached hydrogen (secondary N) is 1. The Labute approximate surface area is 184 Å². The summed E-state index contributed by atoms with van der Waals surface area (Å²) in [5, 5.41) is 3.18. The molecule has 5 nitrogen and oxygen atoms in total. The second kappa shape index (κ2) is 9.41. The van der Waals surface area contributed by atoms with Crippen molar-refractivity contribution in [3.05, 3.63) is 41.4 Å². The van der Waals surface area contributed by atoms with Crippen LogP contribution in [0.3, 0.4) is 0 Å². The van der Waals surface area contributed by atoms with E-state index in [1.165, 1.54) is 18.6 Å². The Morgan fingerprint density at radius 2 is 1.94 bits per heavy atom. The fourth-order valence-electron chi connectivity index (χ4n) is 5.29. The molecule has 0 bridgehead atoms. The van der Waals surface area contributed by atoms with Gasteiger partial charge >= 0.3 is 0 Å². The van der Waals surface area contributed by atoms with Crippen molar-refractivity contribution in [3.8, 4) is 0 Å². The van der Waals surface area contributed by atoms with Crippen molar-refractivity contribution < 1.29 is 18.7 Å². The van der Waals surface area contributed by atoms with Gasteiger partial charge in [-0.25, -0.2) is 4.39 Å². The number of hydrogen-bond donors (Lipinski definition) is 1. The third kappa shape index (κ3) is 4.78. The van der Waals surface area contributed by atoms with E-state index in [9.17, 15) is 14.0 Å². The van der Waals surface area contributed by atoms with Crippen molar-refractivity contribution in [2.75, 3.05) is 6.54 Å². The number of halogens is 1. The molecule has 5 atom stereocenters. The SMILES string of the molecule is CC1CCCC(NC(=O)CN2C(=O)/C(=C/c3ccccc3F)OC3CCCCC32)C1C. The molecular weight excluding hydrogens is 395 g/mol. The highest BCUT2D eigenvalue weighted by atomic mass is 19.1. The molecule has 2 saturated carbocycles. The van der Waals surface area contributed by atoms with Crippen LogP contribution in [0.5, 0.6) is 0 Å². The Bertz CT molecular complexity index is 855. The molecule has 2 amide bonds. The average Bonchev–Trinajstić information content (AvgIpc) is 2.76. The first-order chi connectivity index (χ1) is 14.9. The Hall–Kier alpha value is -2.37. The molecule has 31 heavy (non-hydrogen) atoms. The summed E-state index contributed by atoms with van der Waals surface area (Å²) >= 11 is 0. The van der Waals surface area contributed by atoms with Crippen LogP contribution in [0, 0.1) is 17.7 Å². The van der Waals surface area contributed by atoms with Gasteiger partial charge in [-0.15, -0.1) is 0 Å². The number of hydrogen-bond acceptors (Lipinski definition) is 3. The van der Waals surface area contributed by atoms with Crippen LogP contribution in [0.1, 0.15) is 64.4 Å². The summed E-state index contributed by atoms with van der Waals surface area (Å²) in [7, 11) is 0. The number of nitrogens with zero attached hydrogens (tertiary/aromatic N) is 1. The van der Waals surface area contributed by atoms with Crippen molar-refractivity contribution in [2.24, 2.45) is 11.8 Å². The van der Waals surface area contributed by atoms with Crippen LogP contribution >= 0.6 is 0 Å². The van der Waals surface area contributed by atoms with E-state index in [1.54, 1.807) is 23.1 Å². The largest absolute Gasteiger partial charge is 0.482 e. The molecule has 3 aliphatic rings. The Morgan fingerprint density at radius 1 is 1.16 bits per heavy atom. The lowest BCUT2D eigenvalue weighted by Gasteiger charge is -2.44. The van der Waals surface area contributed by atoms with Gasteiger partial charge in [-0.1, -0.05) is 51.3 Å². The van der Waals surface area contributed by atoms with Gasteiger partial charge < -0.3 is 15.0 Å². The molecule has 6 heteroatoms. The summed E-state index contributed by atoms with van der Waals surface area (Å²) in [4.78, 5) is 27.9. The maximum Gasteiger partial charge on any atom is 0.289 e. The first-order valence-electron chi connectivity index (χ1n) is 11.7. The van der Waals surface area contributed by atoms with Crippen LogP contribution in [-0.4, -0.2) is 41.4 Å². The molecule has 4 rings (SSSR count). The molecule has 1 aromatic rings. The smallest absolute Gasteiger partial charge is 0.289 e. The fourth-order valence-corrected chi connectivity index (χ4v) is 5.29. The fraction of sp³-hybridized carbons (Fsp3) is 0.600. The highest BCUT2D eigenvalue weighted by molar-refractivity contribution is 5.98. The van der Waals surface area contributed by atoms with Crippen molar-refractivity contribution in [1.29, 1.82) is 0 Å². The third-order valence-corrected chi connectivity index (χ3v) is 7.38. The lowest BCUT2D eigenvalue weighted by Crippen LogP contribution is -2.58. The van der Waals surface area contributed by atoms with Gasteiger partial charge in [-0.05, 0) is 49.7 Å². The zero-order valence-electron chi connectivity index (χ0n) is 18.5.